The van der Waals surface area contributed by atoms with Gasteiger partial charge in [-0.3, -0.25) is 4.79 Å². The highest BCUT2D eigenvalue weighted by molar-refractivity contribution is 5.84. The second kappa shape index (κ2) is 6.33. The number of benzene rings is 1. The number of amides is 1. The third kappa shape index (κ3) is 5.59. The number of alkyl halides is 3. The molecule has 0 fully saturated rings. The number of carboxylic acid groups (broad SMARTS) is 1. The number of aliphatic carboxylic acids is 1. The van der Waals surface area contributed by atoms with Crippen LogP contribution in [0.3, 0.4) is 0 Å². The van der Waals surface area contributed by atoms with E-state index in [0.717, 1.165) is 12.1 Å². The summed E-state index contributed by atoms with van der Waals surface area (Å²) in [6.45, 7) is 0. The molecule has 0 saturated heterocycles. The number of carbonyl (C=O) groups is 2. The second-order valence-electron chi connectivity index (χ2n) is 4.28. The predicted octanol–water partition coefficient (Wildman–Crippen LogP) is 1.16. The van der Waals surface area contributed by atoms with Crippen LogP contribution in [0.25, 0.3) is 0 Å². The molecule has 21 heavy (non-hydrogen) atoms. The first-order chi connectivity index (χ1) is 9.58. The van der Waals surface area contributed by atoms with Crippen LogP contribution < -0.4 is 5.32 Å². The number of carboxylic acids is 1. The summed E-state index contributed by atoms with van der Waals surface area (Å²) in [7, 11) is 0. The molecule has 1 aromatic carbocycles. The molecular formula is C12H12F3NO5. The topological polar surface area (TPSA) is 107 Å². The highest BCUT2D eigenvalue weighted by Gasteiger charge is 2.33. The van der Waals surface area contributed by atoms with Crippen molar-refractivity contribution in [1.82, 2.24) is 5.32 Å². The Morgan fingerprint density at radius 3 is 2.29 bits per heavy atom. The molecule has 116 valence electrons. The van der Waals surface area contributed by atoms with Crippen molar-refractivity contribution < 1.29 is 38.1 Å². The zero-order chi connectivity index (χ0) is 16.2. The van der Waals surface area contributed by atoms with E-state index in [1.807, 2.05) is 0 Å². The van der Waals surface area contributed by atoms with Crippen LogP contribution in [0.5, 0.6) is 11.5 Å². The lowest BCUT2D eigenvalue weighted by molar-refractivity contribution is -0.156. The van der Waals surface area contributed by atoms with Gasteiger partial charge in [0.2, 0.25) is 5.91 Å². The number of hydrogen-bond donors (Lipinski definition) is 4. The first-order valence-corrected chi connectivity index (χ1v) is 5.68. The summed E-state index contributed by atoms with van der Waals surface area (Å²) in [5.74, 6) is -3.90. The number of carbonyl (C=O) groups excluding carboxylic acids is 1. The highest BCUT2D eigenvalue weighted by Crippen LogP contribution is 2.25. The van der Waals surface area contributed by atoms with Gasteiger partial charge in [0.15, 0.2) is 11.5 Å². The Bertz CT molecular complexity index is 544. The molecule has 0 spiro atoms. The lowest BCUT2D eigenvalue weighted by atomic mass is 10.1. The molecule has 0 aliphatic rings. The van der Waals surface area contributed by atoms with Gasteiger partial charge in [0, 0.05) is 6.42 Å². The Labute approximate surface area is 116 Å². The van der Waals surface area contributed by atoms with E-state index < -0.39 is 42.0 Å². The molecule has 0 bridgehead atoms. The van der Waals surface area contributed by atoms with Crippen LogP contribution in [0.15, 0.2) is 18.2 Å². The standard InChI is InChI=1S/C12H12F3NO5/c13-12(14,15)5-10(19)16-7(11(20)21)3-6-1-2-8(17)9(18)4-6/h1-2,4,7,17-18H,3,5H2,(H,16,19)(H,20,21). The van der Waals surface area contributed by atoms with Crippen molar-refractivity contribution in [3.05, 3.63) is 23.8 Å². The van der Waals surface area contributed by atoms with E-state index in [1.165, 1.54) is 6.07 Å². The van der Waals surface area contributed by atoms with E-state index in [9.17, 15) is 27.9 Å². The fourth-order valence-corrected chi connectivity index (χ4v) is 1.56. The summed E-state index contributed by atoms with van der Waals surface area (Å²) in [6, 6.07) is 1.85. The fraction of sp³-hybridized carbons (Fsp3) is 0.333. The van der Waals surface area contributed by atoms with Crippen LogP contribution in [0, 0.1) is 0 Å². The minimum Gasteiger partial charge on any atom is -0.504 e. The van der Waals surface area contributed by atoms with E-state index in [1.54, 1.807) is 5.32 Å². The van der Waals surface area contributed by atoms with Crippen LogP contribution in [-0.2, 0) is 16.0 Å². The summed E-state index contributed by atoms with van der Waals surface area (Å²) < 4.78 is 36.0. The van der Waals surface area contributed by atoms with Gasteiger partial charge in [-0.25, -0.2) is 4.79 Å². The first-order valence-electron chi connectivity index (χ1n) is 5.68. The Morgan fingerprint density at radius 1 is 1.19 bits per heavy atom. The lowest BCUT2D eigenvalue weighted by Gasteiger charge is -2.15. The average Bonchev–Trinajstić information content (AvgIpc) is 2.30. The molecule has 1 aromatic rings. The number of phenolic OH excluding ortho intramolecular Hbond substituents is 2. The van der Waals surface area contributed by atoms with E-state index in [2.05, 4.69) is 0 Å². The first kappa shape index (κ1) is 16.6. The molecule has 4 N–H and O–H groups in total. The molecule has 0 radical (unpaired) electrons. The summed E-state index contributed by atoms with van der Waals surface area (Å²) >= 11 is 0. The predicted molar refractivity (Wildman–Crippen MR) is 63.7 cm³/mol. The van der Waals surface area contributed by atoms with Gasteiger partial charge in [0.05, 0.1) is 0 Å². The van der Waals surface area contributed by atoms with Gasteiger partial charge in [0.25, 0.3) is 0 Å². The molecule has 1 unspecified atom stereocenters. The maximum atomic E-state index is 12.0. The number of hydrogen-bond acceptors (Lipinski definition) is 4. The minimum absolute atomic E-state index is 0.227. The van der Waals surface area contributed by atoms with Crippen molar-refractivity contribution in [2.75, 3.05) is 0 Å². The molecule has 0 aliphatic heterocycles. The maximum Gasteiger partial charge on any atom is 0.397 e. The molecule has 6 nitrogen and oxygen atoms in total. The number of halogens is 3. The van der Waals surface area contributed by atoms with Gasteiger partial charge in [-0.05, 0) is 17.7 Å². The number of rotatable bonds is 5. The van der Waals surface area contributed by atoms with Crippen molar-refractivity contribution >= 4 is 11.9 Å². The van der Waals surface area contributed by atoms with Gasteiger partial charge >= 0.3 is 12.1 Å². The van der Waals surface area contributed by atoms with E-state index in [4.69, 9.17) is 10.2 Å². The summed E-state index contributed by atoms with van der Waals surface area (Å²) in [5.41, 5.74) is 0.227. The largest absolute Gasteiger partial charge is 0.504 e. The fourth-order valence-electron chi connectivity index (χ4n) is 1.56. The molecule has 0 heterocycles. The maximum absolute atomic E-state index is 12.0. The Hall–Kier alpha value is -2.45. The van der Waals surface area contributed by atoms with Gasteiger partial charge in [-0.1, -0.05) is 6.07 Å². The number of aromatic hydroxyl groups is 2. The monoisotopic (exact) mass is 307 g/mol. The highest BCUT2D eigenvalue weighted by atomic mass is 19.4. The van der Waals surface area contributed by atoms with Crippen LogP contribution in [0.1, 0.15) is 12.0 Å². The SMILES string of the molecule is O=C(CC(F)(F)F)NC(Cc1ccc(O)c(O)c1)C(=O)O. The van der Waals surface area contributed by atoms with Crippen LogP contribution in [0.2, 0.25) is 0 Å². The van der Waals surface area contributed by atoms with E-state index in [0.29, 0.717) is 0 Å². The van der Waals surface area contributed by atoms with Crippen molar-refractivity contribution in [3.63, 3.8) is 0 Å². The molecule has 0 saturated carbocycles. The van der Waals surface area contributed by atoms with E-state index in [-0.39, 0.29) is 12.0 Å². The third-order valence-corrected chi connectivity index (χ3v) is 2.47. The molecule has 0 aliphatic carbocycles. The molecule has 1 rings (SSSR count). The Kier molecular flexibility index (Phi) is 5.01. The molecule has 1 atom stereocenters. The van der Waals surface area contributed by atoms with Gasteiger partial charge < -0.3 is 20.6 Å². The van der Waals surface area contributed by atoms with Crippen LogP contribution >= 0.6 is 0 Å². The smallest absolute Gasteiger partial charge is 0.397 e. The Balaban J connectivity index is 2.76. The van der Waals surface area contributed by atoms with E-state index >= 15 is 0 Å². The van der Waals surface area contributed by atoms with Gasteiger partial charge in [-0.2, -0.15) is 13.2 Å². The zero-order valence-corrected chi connectivity index (χ0v) is 10.5. The number of nitrogens with one attached hydrogen (secondary N) is 1. The van der Waals surface area contributed by atoms with Crippen LogP contribution in [0.4, 0.5) is 13.2 Å². The number of phenols is 2. The average molecular weight is 307 g/mol. The minimum atomic E-state index is -4.73. The molecular weight excluding hydrogens is 295 g/mol. The second-order valence-corrected chi connectivity index (χ2v) is 4.28. The molecule has 0 aromatic heterocycles. The van der Waals surface area contributed by atoms with Gasteiger partial charge in [-0.15, -0.1) is 0 Å². The zero-order valence-electron chi connectivity index (χ0n) is 10.5. The van der Waals surface area contributed by atoms with Crippen molar-refractivity contribution in [1.29, 1.82) is 0 Å². The Morgan fingerprint density at radius 2 is 1.81 bits per heavy atom. The van der Waals surface area contributed by atoms with Crippen LogP contribution in [-0.4, -0.2) is 39.4 Å². The molecule has 1 amide bonds. The molecule has 9 heteroatoms. The van der Waals surface area contributed by atoms with Crippen molar-refractivity contribution in [2.45, 2.75) is 25.1 Å². The lowest BCUT2D eigenvalue weighted by Crippen LogP contribution is -2.43. The summed E-state index contributed by atoms with van der Waals surface area (Å²) in [6.07, 6.45) is -6.85. The quantitative estimate of drug-likeness (QED) is 0.611. The van der Waals surface area contributed by atoms with Crippen molar-refractivity contribution in [2.24, 2.45) is 0 Å². The normalized spacial score (nSPS) is 12.7. The van der Waals surface area contributed by atoms with Gasteiger partial charge in [0.1, 0.15) is 12.5 Å². The summed E-state index contributed by atoms with van der Waals surface area (Å²) in [5, 5.41) is 29.0. The van der Waals surface area contributed by atoms with Crippen molar-refractivity contribution in [3.8, 4) is 11.5 Å². The summed E-state index contributed by atoms with van der Waals surface area (Å²) in [4.78, 5) is 22.0. The third-order valence-electron chi connectivity index (χ3n) is 2.47.